The summed E-state index contributed by atoms with van der Waals surface area (Å²) in [7, 11) is 2.07. The van der Waals surface area contributed by atoms with Crippen LogP contribution in [0.2, 0.25) is 0 Å². The van der Waals surface area contributed by atoms with Gasteiger partial charge >= 0.3 is 6.01 Å². The average molecular weight is 944 g/mol. The third-order valence-corrected chi connectivity index (χ3v) is 16.8. The molecule has 0 saturated heterocycles. The van der Waals surface area contributed by atoms with Gasteiger partial charge in [-0.3, -0.25) is 4.98 Å². The second-order valence-electron chi connectivity index (χ2n) is 22.7. The summed E-state index contributed by atoms with van der Waals surface area (Å²) in [5.74, 6) is 0. The van der Waals surface area contributed by atoms with Gasteiger partial charge in [-0.25, -0.2) is 0 Å². The second kappa shape index (κ2) is 15.8. The second-order valence-corrected chi connectivity index (χ2v) is 22.7. The van der Waals surface area contributed by atoms with E-state index in [0.717, 1.165) is 5.69 Å². The van der Waals surface area contributed by atoms with Crippen molar-refractivity contribution in [2.45, 2.75) is 84.1 Å². The molecule has 3 nitrogen and oxygen atoms in total. The van der Waals surface area contributed by atoms with Gasteiger partial charge in [0.1, 0.15) is 0 Å². The SMILES string of the molecule is Cc1ccc2c(c1)-c1cc(C)ccc1C2(c1cccc(C2(c3cc(C(C)(C)C)ccn3)c3ccc(C)cc3-c3cc(C)ccc32)c1)c1cccc(C2([N+]3=C=[N+](C)C=C3)c3ccc(C)cc3-c3cc(C)ccc32)c1. The van der Waals surface area contributed by atoms with Crippen LogP contribution in [0.15, 0.2) is 188 Å². The molecular weight excluding hydrogens is 883 g/mol. The van der Waals surface area contributed by atoms with Crippen LogP contribution in [0.4, 0.5) is 0 Å². The Morgan fingerprint density at radius 3 is 1.18 bits per heavy atom. The molecule has 3 heteroatoms. The quantitative estimate of drug-likeness (QED) is 0.152. The molecule has 0 amide bonds. The minimum atomic E-state index is -0.720. The van der Waals surface area contributed by atoms with Crippen molar-refractivity contribution in [2.75, 3.05) is 7.05 Å². The first-order valence-electron chi connectivity index (χ1n) is 26.0. The van der Waals surface area contributed by atoms with E-state index >= 15 is 0 Å². The van der Waals surface area contributed by atoms with Crippen LogP contribution in [-0.2, 0) is 21.8 Å². The summed E-state index contributed by atoms with van der Waals surface area (Å²) in [6.07, 6.45) is 6.37. The van der Waals surface area contributed by atoms with E-state index in [1.54, 1.807) is 0 Å². The Hall–Kier alpha value is -7.97. The van der Waals surface area contributed by atoms with Gasteiger partial charge in [0.15, 0.2) is 7.05 Å². The first-order chi connectivity index (χ1) is 35.1. The minimum Gasteiger partial charge on any atom is -0.260 e. The van der Waals surface area contributed by atoms with Gasteiger partial charge in [-0.2, -0.15) is 0 Å². The molecule has 1 aliphatic heterocycles. The highest BCUT2D eigenvalue weighted by Crippen LogP contribution is 2.61. The van der Waals surface area contributed by atoms with Gasteiger partial charge in [-0.05, 0) is 143 Å². The summed E-state index contributed by atoms with van der Waals surface area (Å²) in [5, 5.41) is 0. The third-order valence-electron chi connectivity index (χ3n) is 16.8. The van der Waals surface area contributed by atoms with Gasteiger partial charge in [-0.1, -0.05) is 215 Å². The van der Waals surface area contributed by atoms with Crippen LogP contribution in [0.25, 0.3) is 33.4 Å². The Balaban J connectivity index is 1.15. The van der Waals surface area contributed by atoms with E-state index in [1.165, 1.54) is 128 Å². The van der Waals surface area contributed by atoms with Crippen LogP contribution >= 0.6 is 0 Å². The summed E-state index contributed by atoms with van der Waals surface area (Å²) in [6.45, 7) is 20.2. The van der Waals surface area contributed by atoms with Crippen LogP contribution in [0.1, 0.15) is 121 Å². The molecule has 8 aromatic carbocycles. The molecule has 4 aliphatic rings. The Kier molecular flexibility index (Phi) is 9.70. The number of rotatable bonds is 6. The molecular formula is C70H61N3+2. The standard InChI is InChI=1S/C70H61N3/c1-43-17-23-60-54(33-43)55-34-44(2)18-24-61(55)68(60,51-14-12-16-53(40-51)70(73-32-31-72(10)42-73)64-27-21-47(5)37-58(64)59-38-48(6)22-28-65(59)70)50-13-11-15-52(39-50)69(66-41-49(29-30-71-66)67(7,8)9)62-25-19-45(3)35-56(62)57-36-46(4)20-26-63(57)69/h11-41H,1-10H3/q+2. The fourth-order valence-corrected chi connectivity index (χ4v) is 13.5. The average Bonchev–Trinajstić information content (AvgIpc) is 4.10. The van der Waals surface area contributed by atoms with E-state index in [9.17, 15) is 0 Å². The molecule has 0 radical (unpaired) electrons. The predicted molar refractivity (Wildman–Crippen MR) is 298 cm³/mol. The number of benzene rings is 8. The lowest BCUT2D eigenvalue weighted by atomic mass is 9.64. The van der Waals surface area contributed by atoms with E-state index in [2.05, 4.69) is 267 Å². The van der Waals surface area contributed by atoms with E-state index < -0.39 is 16.4 Å². The van der Waals surface area contributed by atoms with Gasteiger partial charge in [0.2, 0.25) is 12.4 Å². The Labute approximate surface area is 431 Å². The number of hydrogen-bond donors (Lipinski definition) is 0. The van der Waals surface area contributed by atoms with Crippen molar-refractivity contribution < 1.29 is 9.15 Å². The van der Waals surface area contributed by atoms with Crippen molar-refractivity contribution in [3.63, 3.8) is 0 Å². The summed E-state index contributed by atoms with van der Waals surface area (Å²) in [4.78, 5) is 5.45. The van der Waals surface area contributed by atoms with Crippen LogP contribution in [-0.4, -0.2) is 27.2 Å². The molecule has 0 unspecified atom stereocenters. The van der Waals surface area contributed by atoms with Crippen LogP contribution in [0.3, 0.4) is 0 Å². The molecule has 0 spiro atoms. The lowest BCUT2D eigenvalue weighted by Gasteiger charge is -2.38. The summed E-state index contributed by atoms with van der Waals surface area (Å²) < 4.78 is 4.38. The van der Waals surface area contributed by atoms with Gasteiger partial charge in [0, 0.05) is 22.9 Å². The maximum absolute atomic E-state index is 5.45. The molecule has 2 heterocycles. The first-order valence-corrected chi connectivity index (χ1v) is 26.0. The molecule has 3 aliphatic carbocycles. The molecule has 0 saturated carbocycles. The first kappa shape index (κ1) is 44.9. The molecule has 73 heavy (non-hydrogen) atoms. The lowest BCUT2D eigenvalue weighted by molar-refractivity contribution is -0.533. The Morgan fingerprint density at radius 2 is 0.767 bits per heavy atom. The summed E-state index contributed by atoms with van der Waals surface area (Å²) in [5.41, 5.74) is 27.7. The van der Waals surface area contributed by atoms with Crippen LogP contribution in [0, 0.1) is 41.5 Å². The van der Waals surface area contributed by atoms with E-state index in [-0.39, 0.29) is 5.41 Å². The maximum Gasteiger partial charge on any atom is 0.490 e. The normalized spacial score (nSPS) is 15.8. The molecule has 1 aromatic heterocycles. The van der Waals surface area contributed by atoms with Gasteiger partial charge in [0.05, 0.1) is 16.5 Å². The highest BCUT2D eigenvalue weighted by atomic mass is 15.2. The topological polar surface area (TPSA) is 18.9 Å². The molecule has 13 rings (SSSR count). The highest BCUT2D eigenvalue weighted by molar-refractivity contribution is 5.90. The number of aryl methyl sites for hydroxylation is 6. The zero-order chi connectivity index (χ0) is 50.3. The number of pyridine rings is 1. The molecule has 354 valence electrons. The number of fused-ring (bicyclic) bond motifs is 9. The van der Waals surface area contributed by atoms with Crippen molar-refractivity contribution in [1.29, 1.82) is 0 Å². The number of hydrogen-bond acceptors (Lipinski definition) is 1. The Morgan fingerprint density at radius 1 is 0.397 bits per heavy atom. The fourth-order valence-electron chi connectivity index (χ4n) is 13.5. The Bertz CT molecular complexity index is 3820. The molecule has 0 N–H and O–H groups in total. The molecule has 9 aromatic rings. The monoisotopic (exact) mass is 943 g/mol. The lowest BCUT2D eigenvalue weighted by Crippen LogP contribution is -2.38. The number of aromatic nitrogens is 1. The fraction of sp³-hybridized carbons (Fsp3) is 0.200. The molecule has 0 bridgehead atoms. The largest absolute Gasteiger partial charge is 0.490 e. The molecule has 0 fully saturated rings. The maximum atomic E-state index is 5.45. The molecule has 0 atom stereocenters. The van der Waals surface area contributed by atoms with Crippen molar-refractivity contribution in [1.82, 2.24) is 4.98 Å². The van der Waals surface area contributed by atoms with Crippen molar-refractivity contribution in [3.05, 3.63) is 289 Å². The van der Waals surface area contributed by atoms with E-state index in [1.807, 2.05) is 6.20 Å². The van der Waals surface area contributed by atoms with Crippen LogP contribution < -0.4 is 0 Å². The van der Waals surface area contributed by atoms with Gasteiger partial charge < -0.3 is 0 Å². The summed E-state index contributed by atoms with van der Waals surface area (Å²) >= 11 is 0. The zero-order valence-electron chi connectivity index (χ0n) is 43.7. The van der Waals surface area contributed by atoms with E-state index in [4.69, 9.17) is 4.98 Å². The number of nitrogens with zero attached hydrogens (tertiary/aromatic N) is 3. The smallest absolute Gasteiger partial charge is 0.260 e. The summed E-state index contributed by atoms with van der Waals surface area (Å²) in [6, 6.07) is 70.3. The predicted octanol–water partition coefficient (Wildman–Crippen LogP) is 15.5. The van der Waals surface area contributed by atoms with Crippen molar-refractivity contribution in [2.24, 2.45) is 0 Å². The zero-order valence-corrected chi connectivity index (χ0v) is 43.7. The van der Waals surface area contributed by atoms with Gasteiger partial charge in [-0.15, -0.1) is 0 Å². The van der Waals surface area contributed by atoms with Crippen LogP contribution in [0.5, 0.6) is 0 Å². The van der Waals surface area contributed by atoms with Crippen molar-refractivity contribution >= 4 is 6.01 Å². The third kappa shape index (κ3) is 6.22. The highest BCUT2D eigenvalue weighted by Gasteiger charge is 2.57. The minimum absolute atomic E-state index is 0.0840. The van der Waals surface area contributed by atoms with E-state index in [0.29, 0.717) is 0 Å². The van der Waals surface area contributed by atoms with Gasteiger partial charge in [0.25, 0.3) is 5.54 Å². The van der Waals surface area contributed by atoms with Crippen molar-refractivity contribution in [3.8, 4) is 33.4 Å².